The molecule has 152 valence electrons. The summed E-state index contributed by atoms with van der Waals surface area (Å²) in [6, 6.07) is 19.4. The van der Waals surface area contributed by atoms with Gasteiger partial charge in [-0.3, -0.25) is 14.7 Å². The maximum absolute atomic E-state index is 13.7. The Hall–Kier alpha value is -4.40. The van der Waals surface area contributed by atoms with Gasteiger partial charge in [0.25, 0.3) is 11.3 Å². The van der Waals surface area contributed by atoms with Gasteiger partial charge in [-0.25, -0.2) is 14.2 Å². The third-order valence-electron chi connectivity index (χ3n) is 5.10. The van der Waals surface area contributed by atoms with E-state index in [0.717, 1.165) is 10.9 Å². The summed E-state index contributed by atoms with van der Waals surface area (Å²) >= 11 is 0. The number of nitro benzene ring substituents is 1. The van der Waals surface area contributed by atoms with Gasteiger partial charge in [-0.1, -0.05) is 30.3 Å². The van der Waals surface area contributed by atoms with Gasteiger partial charge in [-0.15, -0.1) is 0 Å². The van der Waals surface area contributed by atoms with Crippen molar-refractivity contribution in [2.45, 2.75) is 6.54 Å². The van der Waals surface area contributed by atoms with E-state index in [1.807, 2.05) is 24.3 Å². The van der Waals surface area contributed by atoms with Crippen LogP contribution in [0.2, 0.25) is 0 Å². The second-order valence-electron chi connectivity index (χ2n) is 7.05. The monoisotopic (exact) mass is 416 g/mol. The summed E-state index contributed by atoms with van der Waals surface area (Å²) < 4.78 is 16.5. The van der Waals surface area contributed by atoms with Crippen molar-refractivity contribution in [2.75, 3.05) is 0 Å². The number of hydrogen-bond acceptors (Lipinski definition) is 4. The molecule has 0 amide bonds. The summed E-state index contributed by atoms with van der Waals surface area (Å²) in [5.74, 6) is -0.0294. The summed E-state index contributed by atoms with van der Waals surface area (Å²) in [6.07, 6.45) is 0. The van der Waals surface area contributed by atoms with Crippen molar-refractivity contribution in [3.8, 4) is 11.4 Å². The highest BCUT2D eigenvalue weighted by atomic mass is 19.1. The Labute approximate surface area is 174 Å². The molecule has 1 N–H and O–H groups in total. The highest BCUT2D eigenvalue weighted by molar-refractivity contribution is 5.90. The van der Waals surface area contributed by atoms with Gasteiger partial charge in [0, 0.05) is 12.1 Å². The summed E-state index contributed by atoms with van der Waals surface area (Å²) in [7, 11) is 0. The van der Waals surface area contributed by atoms with Crippen LogP contribution >= 0.6 is 0 Å². The zero-order valence-corrected chi connectivity index (χ0v) is 16.0. The molecule has 0 bridgehead atoms. The number of halogens is 1. The van der Waals surface area contributed by atoms with E-state index in [4.69, 9.17) is 0 Å². The number of non-ortho nitro benzene ring substituents is 1. The smallest absolute Gasteiger partial charge is 0.273 e. The van der Waals surface area contributed by atoms with Crippen molar-refractivity contribution >= 4 is 22.2 Å². The lowest BCUT2D eigenvalue weighted by atomic mass is 10.2. The van der Waals surface area contributed by atoms with Crippen LogP contribution in [0.25, 0.3) is 27.9 Å². The van der Waals surface area contributed by atoms with Crippen LogP contribution in [0.1, 0.15) is 5.56 Å². The summed E-state index contributed by atoms with van der Waals surface area (Å²) in [5.41, 5.74) is 2.04. The van der Waals surface area contributed by atoms with Crippen LogP contribution in [0.15, 0.2) is 77.6 Å². The van der Waals surface area contributed by atoms with Gasteiger partial charge in [0.05, 0.1) is 33.0 Å². The number of nitro groups is 1. The minimum atomic E-state index is -0.467. The number of H-pyrrole nitrogens is 1. The van der Waals surface area contributed by atoms with Crippen LogP contribution in [0.5, 0.6) is 0 Å². The molecule has 0 atom stereocenters. The summed E-state index contributed by atoms with van der Waals surface area (Å²) in [5, 5.41) is 16.0. The van der Waals surface area contributed by atoms with Gasteiger partial charge < -0.3 is 0 Å². The second kappa shape index (κ2) is 7.13. The van der Waals surface area contributed by atoms with Crippen LogP contribution in [-0.4, -0.2) is 19.1 Å². The lowest BCUT2D eigenvalue weighted by molar-refractivity contribution is -0.384. The molecule has 0 saturated heterocycles. The van der Waals surface area contributed by atoms with Crippen LogP contribution in [0, 0.1) is 15.9 Å². The average Bonchev–Trinajstić information content (AvgIpc) is 3.23. The van der Waals surface area contributed by atoms with Gasteiger partial charge in [0.15, 0.2) is 0 Å². The molecule has 0 aliphatic carbocycles. The highest BCUT2D eigenvalue weighted by Crippen LogP contribution is 2.20. The number of aromatic nitrogens is 4. The van der Waals surface area contributed by atoms with E-state index in [9.17, 15) is 19.3 Å². The van der Waals surface area contributed by atoms with E-state index >= 15 is 0 Å². The largest absolute Gasteiger partial charge is 0.423 e. The summed E-state index contributed by atoms with van der Waals surface area (Å²) in [6.45, 7) is 0.211. The van der Waals surface area contributed by atoms with E-state index in [1.165, 1.54) is 28.8 Å². The Bertz CT molecular complexity index is 1520. The Morgan fingerprint density at radius 2 is 1.81 bits per heavy atom. The number of benzene rings is 3. The summed E-state index contributed by atoms with van der Waals surface area (Å²) in [4.78, 5) is 26.9. The first-order chi connectivity index (χ1) is 15.0. The number of nitrogens with zero attached hydrogens (tertiary/aromatic N) is 4. The first-order valence-electron chi connectivity index (χ1n) is 9.44. The van der Waals surface area contributed by atoms with Crippen LogP contribution in [0.3, 0.4) is 0 Å². The molecule has 0 unspecified atom stereocenters. The van der Waals surface area contributed by atoms with Crippen molar-refractivity contribution in [2.24, 2.45) is 0 Å². The third kappa shape index (κ3) is 3.21. The SMILES string of the molecule is O=c1n(Cc2ccc([N+](=O)[O-])cc2)c2ccccc2c2[nH+]c(-c3cccc(F)c3)nn12. The van der Waals surface area contributed by atoms with Crippen molar-refractivity contribution in [1.29, 1.82) is 0 Å². The number of rotatable bonds is 4. The first kappa shape index (κ1) is 18.6. The molecule has 0 aliphatic rings. The molecule has 31 heavy (non-hydrogen) atoms. The van der Waals surface area contributed by atoms with Crippen molar-refractivity contribution in [3.05, 3.63) is 105 Å². The maximum atomic E-state index is 13.7. The second-order valence-corrected chi connectivity index (χ2v) is 7.05. The fourth-order valence-electron chi connectivity index (χ4n) is 3.61. The topological polar surface area (TPSA) is 96.6 Å². The Morgan fingerprint density at radius 3 is 2.55 bits per heavy atom. The molecule has 9 heteroatoms. The molecular formula is C22H15FN5O3+. The lowest BCUT2D eigenvalue weighted by Gasteiger charge is -2.08. The third-order valence-corrected chi connectivity index (χ3v) is 5.10. The van der Waals surface area contributed by atoms with E-state index < -0.39 is 10.7 Å². The van der Waals surface area contributed by atoms with E-state index in [0.29, 0.717) is 22.6 Å². The lowest BCUT2D eigenvalue weighted by Crippen LogP contribution is -2.29. The average molecular weight is 416 g/mol. The number of para-hydroxylation sites is 1. The molecule has 5 aromatic rings. The highest BCUT2D eigenvalue weighted by Gasteiger charge is 2.23. The molecule has 3 aromatic carbocycles. The van der Waals surface area contributed by atoms with E-state index in [-0.39, 0.29) is 17.9 Å². The normalized spacial score (nSPS) is 11.3. The molecule has 0 spiro atoms. The standard InChI is InChI=1S/C22H14FN5O3/c23-16-5-3-4-15(12-16)20-24-21-18-6-1-2-7-19(18)26(22(29)27(21)25-20)13-14-8-10-17(11-9-14)28(30)31/h1-12H,13H2/p+1. The van der Waals surface area contributed by atoms with Gasteiger partial charge in [-0.2, -0.15) is 0 Å². The van der Waals surface area contributed by atoms with Gasteiger partial charge in [-0.05, 0) is 40.4 Å². The molecule has 0 aliphatic heterocycles. The molecule has 0 fully saturated rings. The zero-order chi connectivity index (χ0) is 21.5. The van der Waals surface area contributed by atoms with E-state index in [2.05, 4.69) is 10.1 Å². The molecule has 8 nitrogen and oxygen atoms in total. The zero-order valence-electron chi connectivity index (χ0n) is 16.0. The predicted octanol–water partition coefficient (Wildman–Crippen LogP) is 3.23. The predicted molar refractivity (Wildman–Crippen MR) is 111 cm³/mol. The van der Waals surface area contributed by atoms with Gasteiger partial charge in [0.2, 0.25) is 0 Å². The van der Waals surface area contributed by atoms with Gasteiger partial charge >= 0.3 is 11.5 Å². The minimum Gasteiger partial charge on any atom is -0.273 e. The Kier molecular flexibility index (Phi) is 4.28. The maximum Gasteiger partial charge on any atom is 0.423 e. The van der Waals surface area contributed by atoms with Crippen LogP contribution in [0.4, 0.5) is 10.1 Å². The molecule has 2 heterocycles. The quantitative estimate of drug-likeness (QED) is 0.332. The Morgan fingerprint density at radius 1 is 1.03 bits per heavy atom. The molecule has 2 aromatic heterocycles. The number of fused-ring (bicyclic) bond motifs is 3. The Balaban J connectivity index is 1.70. The van der Waals surface area contributed by atoms with Crippen molar-refractivity contribution < 1.29 is 14.3 Å². The van der Waals surface area contributed by atoms with Crippen LogP contribution < -0.4 is 10.7 Å². The molecule has 0 radical (unpaired) electrons. The number of hydrogen-bond donors (Lipinski definition) is 0. The fraction of sp³-hybridized carbons (Fsp3) is 0.0455. The molecular weight excluding hydrogens is 401 g/mol. The van der Waals surface area contributed by atoms with Crippen molar-refractivity contribution in [1.82, 2.24) is 14.2 Å². The number of nitrogens with one attached hydrogen (secondary N) is 1. The van der Waals surface area contributed by atoms with E-state index in [1.54, 1.807) is 28.8 Å². The molecule has 0 saturated carbocycles. The van der Waals surface area contributed by atoms with Gasteiger partial charge in [0.1, 0.15) is 5.82 Å². The van der Waals surface area contributed by atoms with Crippen LogP contribution in [-0.2, 0) is 6.54 Å². The first-order valence-corrected chi connectivity index (χ1v) is 9.44. The fourth-order valence-corrected chi connectivity index (χ4v) is 3.61. The number of aromatic amines is 1. The molecule has 5 rings (SSSR count). The minimum absolute atomic E-state index is 0.0159. The van der Waals surface area contributed by atoms with Crippen molar-refractivity contribution in [3.63, 3.8) is 0 Å².